The van der Waals surface area contributed by atoms with Crippen molar-refractivity contribution in [3.8, 4) is 11.5 Å². The third-order valence-electron chi connectivity index (χ3n) is 5.99. The molecule has 0 bridgehead atoms. The Morgan fingerprint density at radius 1 is 0.971 bits per heavy atom. The molecule has 0 aliphatic carbocycles. The molecule has 0 atom stereocenters. The number of nitrogens with zero attached hydrogens (tertiary/aromatic N) is 2. The van der Waals surface area contributed by atoms with Crippen LogP contribution in [0.25, 0.3) is 33.5 Å². The van der Waals surface area contributed by atoms with E-state index in [4.69, 9.17) is 13.6 Å². The number of aryl methyl sites for hydroxylation is 2. The first-order valence-electron chi connectivity index (χ1n) is 11.3. The van der Waals surface area contributed by atoms with Crippen LogP contribution in [-0.4, -0.2) is 18.0 Å². The van der Waals surface area contributed by atoms with Gasteiger partial charge in [0.1, 0.15) is 23.3 Å². The second kappa shape index (κ2) is 9.10. The Bertz CT molecular complexity index is 1620. The van der Waals surface area contributed by atoms with E-state index in [1.54, 1.807) is 24.3 Å². The molecule has 0 unspecified atom stereocenters. The van der Waals surface area contributed by atoms with E-state index in [9.17, 15) is 9.59 Å². The number of aromatic nitrogens is 1. The fraction of sp³-hybridized carbons (Fsp3) is 0.179. The van der Waals surface area contributed by atoms with Crippen molar-refractivity contribution < 1.29 is 18.4 Å². The van der Waals surface area contributed by atoms with Crippen LogP contribution in [0.15, 0.2) is 74.3 Å². The maximum absolute atomic E-state index is 12.9. The number of oxazole rings is 1. The number of hydrogen-bond acceptors (Lipinski definition) is 7. The van der Waals surface area contributed by atoms with Crippen LogP contribution in [0.5, 0.6) is 0 Å². The minimum absolute atomic E-state index is 0.138. The van der Waals surface area contributed by atoms with Gasteiger partial charge in [0.2, 0.25) is 5.89 Å². The first kappa shape index (κ1) is 22.4. The molecule has 0 saturated carbocycles. The number of carbonyl (C=O) groups excluding carboxylic acids is 1. The van der Waals surface area contributed by atoms with E-state index in [2.05, 4.69) is 48.9 Å². The normalized spacial score (nSPS) is 11.2. The van der Waals surface area contributed by atoms with Gasteiger partial charge in [0.15, 0.2) is 5.58 Å². The lowest BCUT2D eigenvalue weighted by Gasteiger charge is -2.25. The largest absolute Gasteiger partial charge is 0.463 e. The number of benzene rings is 3. The lowest BCUT2D eigenvalue weighted by molar-refractivity contribution is -0.129. The number of anilines is 2. The maximum atomic E-state index is 12.9. The van der Waals surface area contributed by atoms with Gasteiger partial charge in [0.25, 0.3) is 6.47 Å². The summed E-state index contributed by atoms with van der Waals surface area (Å²) in [5, 5.41) is 0.766. The molecule has 35 heavy (non-hydrogen) atoms. The number of carbonyl (C=O) groups is 1. The van der Waals surface area contributed by atoms with Crippen molar-refractivity contribution in [2.24, 2.45) is 0 Å². The zero-order valence-electron chi connectivity index (χ0n) is 19.7. The summed E-state index contributed by atoms with van der Waals surface area (Å²) in [4.78, 5) is 30.0. The van der Waals surface area contributed by atoms with Crippen LogP contribution in [0.4, 0.5) is 11.4 Å². The summed E-state index contributed by atoms with van der Waals surface area (Å²) in [6, 6.07) is 19.2. The van der Waals surface area contributed by atoms with Crippen LogP contribution in [0.1, 0.15) is 23.6 Å². The average Bonchev–Trinajstić information content (AvgIpc) is 3.27. The summed E-state index contributed by atoms with van der Waals surface area (Å²) in [5.74, 6) is 0.179. The van der Waals surface area contributed by atoms with E-state index < -0.39 is 5.63 Å². The molecule has 2 aromatic heterocycles. The fourth-order valence-corrected chi connectivity index (χ4v) is 4.33. The molecule has 0 amide bonds. The van der Waals surface area contributed by atoms with Crippen molar-refractivity contribution in [2.45, 2.75) is 27.4 Å². The van der Waals surface area contributed by atoms with Crippen molar-refractivity contribution in [2.75, 3.05) is 11.4 Å². The Labute approximate surface area is 201 Å². The maximum Gasteiger partial charge on any atom is 0.349 e. The molecule has 5 aromatic rings. The number of rotatable bonds is 7. The zero-order chi connectivity index (χ0) is 24.5. The van der Waals surface area contributed by atoms with Gasteiger partial charge in [-0.3, -0.25) is 4.79 Å². The van der Waals surface area contributed by atoms with Gasteiger partial charge in [-0.25, -0.2) is 9.78 Å². The topological polar surface area (TPSA) is 85.8 Å². The second-order valence-electron chi connectivity index (χ2n) is 8.43. The Morgan fingerprint density at radius 2 is 1.83 bits per heavy atom. The SMILES string of the molecule is CCN(c1ccc2cc(-c3nc4cc(COC=O)ccc4o3)c(=O)oc2c1)c1ccc(C)cc1C. The molecule has 176 valence electrons. The second-order valence-corrected chi connectivity index (χ2v) is 8.43. The van der Waals surface area contributed by atoms with Gasteiger partial charge in [0.05, 0.1) is 0 Å². The van der Waals surface area contributed by atoms with Crippen molar-refractivity contribution in [1.29, 1.82) is 0 Å². The van der Waals surface area contributed by atoms with Gasteiger partial charge >= 0.3 is 5.63 Å². The Kier molecular flexibility index (Phi) is 5.82. The van der Waals surface area contributed by atoms with Crippen LogP contribution >= 0.6 is 0 Å². The smallest absolute Gasteiger partial charge is 0.349 e. The number of ether oxygens (including phenoxy) is 1. The molecule has 0 aliphatic rings. The molecule has 0 N–H and O–H groups in total. The molecule has 0 aliphatic heterocycles. The van der Waals surface area contributed by atoms with Crippen LogP contribution < -0.4 is 10.5 Å². The van der Waals surface area contributed by atoms with Gasteiger partial charge < -0.3 is 18.5 Å². The first-order chi connectivity index (χ1) is 17.0. The predicted molar refractivity (Wildman–Crippen MR) is 135 cm³/mol. The van der Waals surface area contributed by atoms with Crippen molar-refractivity contribution in [1.82, 2.24) is 4.98 Å². The molecule has 2 heterocycles. The Balaban J connectivity index is 1.52. The lowest BCUT2D eigenvalue weighted by Crippen LogP contribution is -2.17. The summed E-state index contributed by atoms with van der Waals surface area (Å²) in [6.07, 6.45) is 0. The van der Waals surface area contributed by atoms with Crippen molar-refractivity contribution in [3.05, 3.63) is 87.8 Å². The van der Waals surface area contributed by atoms with Crippen LogP contribution in [0, 0.1) is 13.8 Å². The van der Waals surface area contributed by atoms with Crippen LogP contribution in [0.3, 0.4) is 0 Å². The molecule has 0 spiro atoms. The average molecular weight is 469 g/mol. The molecule has 0 fully saturated rings. The molecular weight excluding hydrogens is 444 g/mol. The molecule has 5 rings (SSSR count). The predicted octanol–water partition coefficient (Wildman–Crippen LogP) is 6.05. The summed E-state index contributed by atoms with van der Waals surface area (Å²) in [7, 11) is 0. The van der Waals surface area contributed by atoms with Gasteiger partial charge in [0, 0.05) is 29.4 Å². The van der Waals surface area contributed by atoms with Crippen molar-refractivity contribution >= 4 is 39.9 Å². The van der Waals surface area contributed by atoms with Crippen molar-refractivity contribution in [3.63, 3.8) is 0 Å². The van der Waals surface area contributed by atoms with E-state index >= 15 is 0 Å². The van der Waals surface area contributed by atoms with Gasteiger partial charge in [-0.1, -0.05) is 23.8 Å². The van der Waals surface area contributed by atoms with Crippen LogP contribution in [0.2, 0.25) is 0 Å². The minimum atomic E-state index is -0.528. The summed E-state index contributed by atoms with van der Waals surface area (Å²) in [6.45, 7) is 7.56. The lowest BCUT2D eigenvalue weighted by atomic mass is 10.1. The monoisotopic (exact) mass is 468 g/mol. The molecule has 0 saturated heterocycles. The molecule has 0 radical (unpaired) electrons. The van der Waals surface area contributed by atoms with Gasteiger partial charge in [-0.05, 0) is 68.3 Å². The van der Waals surface area contributed by atoms with E-state index in [0.717, 1.165) is 28.9 Å². The van der Waals surface area contributed by atoms with Gasteiger partial charge in [-0.2, -0.15) is 0 Å². The quantitative estimate of drug-likeness (QED) is 0.212. The first-order valence-corrected chi connectivity index (χ1v) is 11.3. The fourth-order valence-electron chi connectivity index (χ4n) is 4.33. The highest BCUT2D eigenvalue weighted by atomic mass is 16.5. The number of fused-ring (bicyclic) bond motifs is 2. The summed E-state index contributed by atoms with van der Waals surface area (Å²) < 4.78 is 16.3. The number of hydrogen-bond donors (Lipinski definition) is 0. The van der Waals surface area contributed by atoms with Gasteiger partial charge in [-0.15, -0.1) is 0 Å². The third-order valence-corrected chi connectivity index (χ3v) is 5.99. The van der Waals surface area contributed by atoms with E-state index in [-0.39, 0.29) is 18.1 Å². The Morgan fingerprint density at radius 3 is 2.60 bits per heavy atom. The minimum Gasteiger partial charge on any atom is -0.463 e. The highest BCUT2D eigenvalue weighted by molar-refractivity contribution is 5.86. The molecule has 3 aromatic carbocycles. The summed E-state index contributed by atoms with van der Waals surface area (Å²) in [5.41, 5.74) is 6.51. The molecular formula is C28H24N2O5. The summed E-state index contributed by atoms with van der Waals surface area (Å²) >= 11 is 0. The standard InChI is InChI=1S/C28H24N2O5/c1-4-30(24-9-5-17(2)11-18(24)3)21-8-7-20-13-22(28(32)35-26(20)14-21)27-29-23-12-19(15-33-16-31)6-10-25(23)34-27/h5-14,16H,4,15H2,1-3H3. The van der Waals surface area contributed by atoms with Crippen LogP contribution in [-0.2, 0) is 16.1 Å². The molecule has 7 nitrogen and oxygen atoms in total. The Hall–Kier alpha value is -4.39. The van der Waals surface area contributed by atoms with E-state index in [0.29, 0.717) is 23.2 Å². The highest BCUT2D eigenvalue weighted by Gasteiger charge is 2.17. The third kappa shape index (κ3) is 4.28. The zero-order valence-corrected chi connectivity index (χ0v) is 19.7. The highest BCUT2D eigenvalue weighted by Crippen LogP contribution is 2.32. The van der Waals surface area contributed by atoms with E-state index in [1.807, 2.05) is 18.2 Å². The molecule has 7 heteroatoms. The van der Waals surface area contributed by atoms with E-state index in [1.165, 1.54) is 11.1 Å².